The zero-order valence-corrected chi connectivity index (χ0v) is 11.3. The van der Waals surface area contributed by atoms with Gasteiger partial charge in [-0.2, -0.15) is 4.98 Å². The lowest BCUT2D eigenvalue weighted by molar-refractivity contribution is 0.417. The van der Waals surface area contributed by atoms with E-state index >= 15 is 0 Å². The summed E-state index contributed by atoms with van der Waals surface area (Å²) in [4.78, 5) is 8.86. The van der Waals surface area contributed by atoms with Crippen molar-refractivity contribution in [3.8, 4) is 5.75 Å². The molecule has 0 saturated carbocycles. The third-order valence-electron chi connectivity index (χ3n) is 3.32. The molecule has 20 heavy (non-hydrogen) atoms. The molecular formula is C14H17N5O. The molecule has 2 heterocycles. The zero-order chi connectivity index (χ0) is 13.9. The Morgan fingerprint density at radius 1 is 1.30 bits per heavy atom. The maximum absolute atomic E-state index is 6.00. The van der Waals surface area contributed by atoms with E-state index in [1.54, 1.807) is 7.11 Å². The molecule has 1 aromatic heterocycles. The highest BCUT2D eigenvalue weighted by atomic mass is 16.5. The fourth-order valence-electron chi connectivity index (χ4n) is 2.29. The number of ether oxygens (including phenoxy) is 1. The van der Waals surface area contributed by atoms with Gasteiger partial charge < -0.3 is 21.1 Å². The molecule has 6 nitrogen and oxygen atoms in total. The molecule has 1 aliphatic heterocycles. The number of nitrogens with two attached hydrogens (primary N) is 1. The van der Waals surface area contributed by atoms with Gasteiger partial charge in [-0.05, 0) is 12.1 Å². The molecule has 0 amide bonds. The quantitative estimate of drug-likeness (QED) is 0.783. The first kappa shape index (κ1) is 12.7. The number of nitrogen functional groups attached to an aromatic ring is 1. The molecule has 0 fully saturated rings. The number of rotatable bonds is 3. The highest BCUT2D eigenvalue weighted by molar-refractivity contribution is 5.63. The predicted octanol–water partition coefficient (Wildman–Crippen LogP) is 1.46. The monoisotopic (exact) mass is 271 g/mol. The number of para-hydroxylation sites is 2. The molecule has 0 unspecified atom stereocenters. The summed E-state index contributed by atoms with van der Waals surface area (Å²) in [6.45, 7) is 1.65. The summed E-state index contributed by atoms with van der Waals surface area (Å²) in [5, 5.41) is 6.44. The Hall–Kier alpha value is -2.34. The molecule has 2 aromatic rings. The van der Waals surface area contributed by atoms with E-state index in [9.17, 15) is 0 Å². The second-order valence-electron chi connectivity index (χ2n) is 4.61. The van der Waals surface area contributed by atoms with Crippen molar-refractivity contribution in [2.75, 3.05) is 24.7 Å². The standard InChI is InChI=1S/C14H17N5O/c1-20-12-5-3-2-4-11(12)18-14-17-10-6-7-16-8-9(10)13(15)19-14/h2-5,16H,6-8H2,1H3,(H3,15,17,18,19). The van der Waals surface area contributed by atoms with Gasteiger partial charge in [0.05, 0.1) is 18.5 Å². The number of benzene rings is 1. The van der Waals surface area contributed by atoms with Crippen LogP contribution in [0.2, 0.25) is 0 Å². The Morgan fingerprint density at radius 2 is 2.15 bits per heavy atom. The second-order valence-corrected chi connectivity index (χ2v) is 4.61. The number of nitrogens with one attached hydrogen (secondary N) is 2. The number of nitrogens with zero attached hydrogens (tertiary/aromatic N) is 2. The van der Waals surface area contributed by atoms with Crippen molar-refractivity contribution >= 4 is 17.5 Å². The van der Waals surface area contributed by atoms with Crippen molar-refractivity contribution in [3.05, 3.63) is 35.5 Å². The van der Waals surface area contributed by atoms with Gasteiger partial charge in [-0.3, -0.25) is 0 Å². The van der Waals surface area contributed by atoms with Crippen molar-refractivity contribution < 1.29 is 4.74 Å². The van der Waals surface area contributed by atoms with Crippen molar-refractivity contribution in [1.82, 2.24) is 15.3 Å². The lowest BCUT2D eigenvalue weighted by atomic mass is 10.1. The van der Waals surface area contributed by atoms with E-state index < -0.39 is 0 Å². The Labute approximate surface area is 117 Å². The molecule has 104 valence electrons. The number of hydrogen-bond acceptors (Lipinski definition) is 6. The topological polar surface area (TPSA) is 85.1 Å². The first-order chi connectivity index (χ1) is 9.78. The Morgan fingerprint density at radius 3 is 3.00 bits per heavy atom. The van der Waals surface area contributed by atoms with Crippen LogP contribution in [0.5, 0.6) is 5.75 Å². The first-order valence-corrected chi connectivity index (χ1v) is 6.54. The molecular weight excluding hydrogens is 254 g/mol. The average Bonchev–Trinajstić information content (AvgIpc) is 2.48. The summed E-state index contributed by atoms with van der Waals surface area (Å²) < 4.78 is 5.30. The summed E-state index contributed by atoms with van der Waals surface area (Å²) in [7, 11) is 1.63. The van der Waals surface area contributed by atoms with Crippen LogP contribution in [0.25, 0.3) is 0 Å². The third-order valence-corrected chi connectivity index (χ3v) is 3.32. The van der Waals surface area contributed by atoms with E-state index in [4.69, 9.17) is 10.5 Å². The van der Waals surface area contributed by atoms with Crippen LogP contribution >= 0.6 is 0 Å². The SMILES string of the molecule is COc1ccccc1Nc1nc(N)c2c(n1)CCNC2. The Balaban J connectivity index is 1.93. The molecule has 0 bridgehead atoms. The van der Waals surface area contributed by atoms with E-state index in [0.717, 1.165) is 42.2 Å². The van der Waals surface area contributed by atoms with E-state index in [1.165, 1.54) is 0 Å². The molecule has 0 spiro atoms. The Kier molecular flexibility index (Phi) is 3.39. The van der Waals surface area contributed by atoms with E-state index in [0.29, 0.717) is 11.8 Å². The third kappa shape index (κ3) is 2.37. The molecule has 4 N–H and O–H groups in total. The summed E-state index contributed by atoms with van der Waals surface area (Å²) in [5.74, 6) is 1.78. The van der Waals surface area contributed by atoms with Gasteiger partial charge in [0.1, 0.15) is 11.6 Å². The predicted molar refractivity (Wildman–Crippen MR) is 78.1 cm³/mol. The van der Waals surface area contributed by atoms with Crippen LogP contribution in [0, 0.1) is 0 Å². The zero-order valence-electron chi connectivity index (χ0n) is 11.3. The van der Waals surface area contributed by atoms with Gasteiger partial charge in [0, 0.05) is 25.1 Å². The molecule has 1 aliphatic rings. The highest BCUT2D eigenvalue weighted by Crippen LogP contribution is 2.27. The molecule has 0 aliphatic carbocycles. The van der Waals surface area contributed by atoms with Gasteiger partial charge in [-0.25, -0.2) is 4.98 Å². The van der Waals surface area contributed by atoms with E-state index in [-0.39, 0.29) is 0 Å². The maximum Gasteiger partial charge on any atom is 0.229 e. The molecule has 0 atom stereocenters. The summed E-state index contributed by atoms with van der Waals surface area (Å²) >= 11 is 0. The molecule has 3 rings (SSSR count). The average molecular weight is 271 g/mol. The molecule has 0 radical (unpaired) electrons. The van der Waals surface area contributed by atoms with Crippen LogP contribution < -0.4 is 21.1 Å². The van der Waals surface area contributed by atoms with Gasteiger partial charge in [0.15, 0.2) is 0 Å². The summed E-state index contributed by atoms with van der Waals surface area (Å²) in [6.07, 6.45) is 0.864. The lowest BCUT2D eigenvalue weighted by Gasteiger charge is -2.18. The van der Waals surface area contributed by atoms with Gasteiger partial charge in [0.25, 0.3) is 0 Å². The van der Waals surface area contributed by atoms with Crippen LogP contribution in [0.3, 0.4) is 0 Å². The smallest absolute Gasteiger partial charge is 0.229 e. The number of aromatic nitrogens is 2. The van der Waals surface area contributed by atoms with Crippen molar-refractivity contribution in [3.63, 3.8) is 0 Å². The minimum absolute atomic E-state index is 0.507. The molecule has 6 heteroatoms. The number of fused-ring (bicyclic) bond motifs is 1. The van der Waals surface area contributed by atoms with Gasteiger partial charge in [-0.15, -0.1) is 0 Å². The van der Waals surface area contributed by atoms with E-state index in [1.807, 2.05) is 24.3 Å². The number of anilines is 3. The van der Waals surface area contributed by atoms with Crippen LogP contribution in [-0.2, 0) is 13.0 Å². The maximum atomic E-state index is 6.00. The summed E-state index contributed by atoms with van der Waals surface area (Å²) in [6, 6.07) is 7.64. The number of methoxy groups -OCH3 is 1. The van der Waals surface area contributed by atoms with Gasteiger partial charge in [-0.1, -0.05) is 12.1 Å². The molecule has 0 saturated heterocycles. The minimum Gasteiger partial charge on any atom is -0.495 e. The number of hydrogen-bond donors (Lipinski definition) is 3. The first-order valence-electron chi connectivity index (χ1n) is 6.54. The van der Waals surface area contributed by atoms with Crippen molar-refractivity contribution in [1.29, 1.82) is 0 Å². The van der Waals surface area contributed by atoms with Crippen molar-refractivity contribution in [2.45, 2.75) is 13.0 Å². The Bertz CT molecular complexity index is 629. The second kappa shape index (κ2) is 5.34. The van der Waals surface area contributed by atoms with Crippen LogP contribution in [0.15, 0.2) is 24.3 Å². The minimum atomic E-state index is 0.507. The summed E-state index contributed by atoms with van der Waals surface area (Å²) in [5.41, 5.74) is 8.84. The van der Waals surface area contributed by atoms with Crippen LogP contribution in [-0.4, -0.2) is 23.6 Å². The lowest BCUT2D eigenvalue weighted by Crippen LogP contribution is -2.26. The largest absolute Gasteiger partial charge is 0.495 e. The fourth-order valence-corrected chi connectivity index (χ4v) is 2.29. The fraction of sp³-hybridized carbons (Fsp3) is 0.286. The molecule has 1 aromatic carbocycles. The normalized spacial score (nSPS) is 13.7. The van der Waals surface area contributed by atoms with Crippen LogP contribution in [0.1, 0.15) is 11.3 Å². The van der Waals surface area contributed by atoms with Crippen LogP contribution in [0.4, 0.5) is 17.5 Å². The van der Waals surface area contributed by atoms with E-state index in [2.05, 4.69) is 20.6 Å². The highest BCUT2D eigenvalue weighted by Gasteiger charge is 2.16. The van der Waals surface area contributed by atoms with Gasteiger partial charge >= 0.3 is 0 Å². The van der Waals surface area contributed by atoms with Gasteiger partial charge in [0.2, 0.25) is 5.95 Å². The van der Waals surface area contributed by atoms with Crippen molar-refractivity contribution in [2.24, 2.45) is 0 Å².